The lowest BCUT2D eigenvalue weighted by Gasteiger charge is -2.34. The summed E-state index contributed by atoms with van der Waals surface area (Å²) in [6, 6.07) is 19.7. The van der Waals surface area contributed by atoms with Gasteiger partial charge in [0.25, 0.3) is 0 Å². The number of aliphatic hydroxyl groups is 1. The predicted molar refractivity (Wildman–Crippen MR) is 83.5 cm³/mol. The smallest absolute Gasteiger partial charge is 0.109 e. The molecular formula is C17H17BrO. The molecule has 1 nitrogen and oxygen atoms in total. The first-order valence-corrected chi connectivity index (χ1v) is 7.36. The molecule has 0 saturated carbocycles. The van der Waals surface area contributed by atoms with Gasteiger partial charge in [-0.05, 0) is 11.1 Å². The summed E-state index contributed by atoms with van der Waals surface area (Å²) in [5.74, 6) is -0.157. The highest BCUT2D eigenvalue weighted by atomic mass is 79.9. The Hall–Kier alpha value is -1.38. The van der Waals surface area contributed by atoms with E-state index in [1.807, 2.05) is 66.7 Å². The van der Waals surface area contributed by atoms with E-state index < -0.39 is 5.60 Å². The fourth-order valence-electron chi connectivity index (χ4n) is 2.33. The van der Waals surface area contributed by atoms with Crippen LogP contribution in [0.5, 0.6) is 0 Å². The Labute approximate surface area is 122 Å². The van der Waals surface area contributed by atoms with Crippen LogP contribution in [0.2, 0.25) is 0 Å². The summed E-state index contributed by atoms with van der Waals surface area (Å²) in [4.78, 5) is 0. The number of rotatable bonds is 5. The molecule has 0 radical (unpaired) electrons. The Morgan fingerprint density at radius 1 is 1.05 bits per heavy atom. The van der Waals surface area contributed by atoms with Crippen molar-refractivity contribution in [3.63, 3.8) is 0 Å². The average molecular weight is 317 g/mol. The van der Waals surface area contributed by atoms with Crippen LogP contribution in [0.4, 0.5) is 0 Å². The molecule has 19 heavy (non-hydrogen) atoms. The van der Waals surface area contributed by atoms with E-state index in [-0.39, 0.29) is 5.92 Å². The molecule has 0 aliphatic carbocycles. The van der Waals surface area contributed by atoms with Gasteiger partial charge in [-0.1, -0.05) is 82.7 Å². The molecule has 0 fully saturated rings. The van der Waals surface area contributed by atoms with Gasteiger partial charge < -0.3 is 5.11 Å². The SMILES string of the molecule is C=C[C@H](c1ccccc1)[C@@](O)(CBr)c1ccccc1. The van der Waals surface area contributed by atoms with Crippen LogP contribution >= 0.6 is 15.9 Å². The zero-order valence-electron chi connectivity index (χ0n) is 10.7. The van der Waals surface area contributed by atoms with Gasteiger partial charge in [0, 0.05) is 11.2 Å². The van der Waals surface area contributed by atoms with Crippen LogP contribution in [0, 0.1) is 0 Å². The van der Waals surface area contributed by atoms with Crippen LogP contribution in [-0.4, -0.2) is 10.4 Å². The standard InChI is InChI=1S/C17H17BrO/c1-2-16(14-9-5-3-6-10-14)17(19,13-18)15-11-7-4-8-12-15/h2-12,16,19H,1,13H2/t16-,17-/m1/s1. The van der Waals surface area contributed by atoms with E-state index in [1.165, 1.54) is 0 Å². The molecule has 0 bridgehead atoms. The maximum absolute atomic E-state index is 11.1. The van der Waals surface area contributed by atoms with Crippen LogP contribution in [-0.2, 0) is 5.60 Å². The minimum atomic E-state index is -0.996. The molecule has 2 aromatic carbocycles. The van der Waals surface area contributed by atoms with E-state index in [9.17, 15) is 5.11 Å². The molecule has 2 rings (SSSR count). The maximum atomic E-state index is 11.1. The van der Waals surface area contributed by atoms with E-state index in [0.717, 1.165) is 11.1 Å². The third-order valence-electron chi connectivity index (χ3n) is 3.39. The highest BCUT2D eigenvalue weighted by molar-refractivity contribution is 9.09. The Morgan fingerprint density at radius 2 is 1.58 bits per heavy atom. The summed E-state index contributed by atoms with van der Waals surface area (Å²) < 4.78 is 0. The first kappa shape index (κ1) is 14.0. The van der Waals surface area contributed by atoms with Gasteiger partial charge in [-0.25, -0.2) is 0 Å². The summed E-state index contributed by atoms with van der Waals surface area (Å²) in [6.45, 7) is 3.90. The van der Waals surface area contributed by atoms with Crippen molar-refractivity contribution in [1.82, 2.24) is 0 Å². The second-order valence-corrected chi connectivity index (χ2v) is 5.11. The second-order valence-electron chi connectivity index (χ2n) is 4.55. The van der Waals surface area contributed by atoms with Gasteiger partial charge in [0.1, 0.15) is 5.60 Å². The average Bonchev–Trinajstić information content (AvgIpc) is 2.49. The first-order chi connectivity index (χ1) is 9.22. The zero-order chi connectivity index (χ0) is 13.7. The van der Waals surface area contributed by atoms with E-state index in [2.05, 4.69) is 22.5 Å². The number of hydrogen-bond donors (Lipinski definition) is 1. The topological polar surface area (TPSA) is 20.2 Å². The Bertz CT molecular complexity index is 523. The lowest BCUT2D eigenvalue weighted by atomic mass is 9.79. The summed E-state index contributed by atoms with van der Waals surface area (Å²) in [6.07, 6.45) is 1.81. The van der Waals surface area contributed by atoms with Gasteiger partial charge in [0.05, 0.1) is 0 Å². The molecule has 0 heterocycles. The quantitative estimate of drug-likeness (QED) is 0.646. The van der Waals surface area contributed by atoms with Crippen molar-refractivity contribution in [3.8, 4) is 0 Å². The Kier molecular flexibility index (Phi) is 4.56. The maximum Gasteiger partial charge on any atom is 0.109 e. The highest BCUT2D eigenvalue weighted by Crippen LogP contribution is 2.39. The van der Waals surface area contributed by atoms with Crippen molar-refractivity contribution in [1.29, 1.82) is 0 Å². The molecule has 98 valence electrons. The van der Waals surface area contributed by atoms with Crippen molar-refractivity contribution >= 4 is 15.9 Å². The van der Waals surface area contributed by atoms with Gasteiger partial charge in [-0.15, -0.1) is 6.58 Å². The van der Waals surface area contributed by atoms with Crippen LogP contribution in [0.25, 0.3) is 0 Å². The van der Waals surface area contributed by atoms with Crippen LogP contribution < -0.4 is 0 Å². The third-order valence-corrected chi connectivity index (χ3v) is 4.24. The number of halogens is 1. The van der Waals surface area contributed by atoms with Crippen molar-refractivity contribution in [2.75, 3.05) is 5.33 Å². The lowest BCUT2D eigenvalue weighted by Crippen LogP contribution is -2.34. The fourth-order valence-corrected chi connectivity index (χ4v) is 3.01. The van der Waals surface area contributed by atoms with Crippen molar-refractivity contribution in [2.45, 2.75) is 11.5 Å². The molecule has 0 aliphatic rings. The molecule has 2 heteroatoms. The molecule has 0 unspecified atom stereocenters. The van der Waals surface area contributed by atoms with Gasteiger partial charge in [0.2, 0.25) is 0 Å². The van der Waals surface area contributed by atoms with Gasteiger partial charge >= 0.3 is 0 Å². The van der Waals surface area contributed by atoms with Crippen molar-refractivity contribution < 1.29 is 5.11 Å². The first-order valence-electron chi connectivity index (χ1n) is 6.23. The summed E-state index contributed by atoms with van der Waals surface area (Å²) in [5.41, 5.74) is 0.952. The molecule has 0 aliphatic heterocycles. The molecule has 1 N–H and O–H groups in total. The van der Waals surface area contributed by atoms with Crippen LogP contribution in [0.3, 0.4) is 0 Å². The van der Waals surface area contributed by atoms with E-state index in [1.54, 1.807) is 0 Å². The zero-order valence-corrected chi connectivity index (χ0v) is 12.3. The Balaban J connectivity index is 2.47. The molecule has 0 amide bonds. The predicted octanol–water partition coefficient (Wildman–Crippen LogP) is 4.24. The lowest BCUT2D eigenvalue weighted by molar-refractivity contribution is 0.0483. The molecule has 2 aromatic rings. The number of alkyl halides is 1. The largest absolute Gasteiger partial charge is 0.383 e. The van der Waals surface area contributed by atoms with E-state index in [4.69, 9.17) is 0 Å². The molecular weight excluding hydrogens is 300 g/mol. The molecule has 0 saturated heterocycles. The van der Waals surface area contributed by atoms with Gasteiger partial charge in [0.15, 0.2) is 0 Å². The van der Waals surface area contributed by atoms with Gasteiger partial charge in [-0.3, -0.25) is 0 Å². The van der Waals surface area contributed by atoms with Crippen molar-refractivity contribution in [2.24, 2.45) is 0 Å². The molecule has 0 spiro atoms. The summed E-state index contributed by atoms with van der Waals surface area (Å²) >= 11 is 3.45. The summed E-state index contributed by atoms with van der Waals surface area (Å²) in [7, 11) is 0. The van der Waals surface area contributed by atoms with E-state index in [0.29, 0.717) is 5.33 Å². The minimum Gasteiger partial charge on any atom is -0.383 e. The highest BCUT2D eigenvalue weighted by Gasteiger charge is 2.36. The normalized spacial score (nSPS) is 15.5. The van der Waals surface area contributed by atoms with Crippen LogP contribution in [0.15, 0.2) is 73.3 Å². The second kappa shape index (κ2) is 6.18. The molecule has 0 aromatic heterocycles. The molecule has 2 atom stereocenters. The number of hydrogen-bond acceptors (Lipinski definition) is 1. The van der Waals surface area contributed by atoms with Gasteiger partial charge in [-0.2, -0.15) is 0 Å². The van der Waals surface area contributed by atoms with Crippen LogP contribution in [0.1, 0.15) is 17.0 Å². The number of benzene rings is 2. The van der Waals surface area contributed by atoms with Crippen molar-refractivity contribution in [3.05, 3.63) is 84.4 Å². The third kappa shape index (κ3) is 2.80. The summed E-state index contributed by atoms with van der Waals surface area (Å²) in [5, 5.41) is 11.5. The monoisotopic (exact) mass is 316 g/mol. The fraction of sp³-hybridized carbons (Fsp3) is 0.176. The minimum absolute atomic E-state index is 0.157. The van der Waals surface area contributed by atoms with E-state index >= 15 is 0 Å². The Morgan fingerprint density at radius 3 is 2.05 bits per heavy atom.